The molecule has 0 radical (unpaired) electrons. The van der Waals surface area contributed by atoms with Crippen LogP contribution in [-0.4, -0.2) is 22.9 Å². The van der Waals surface area contributed by atoms with Crippen LogP contribution >= 0.6 is 0 Å². The minimum atomic E-state index is -0.501. The SMILES string of the molecule is CCCNC(=O)c1cccc(NC(=O)/C(C#N)=C/c2cc(C)n(CCC)c2C)c1. The molecule has 1 heterocycles. The van der Waals surface area contributed by atoms with Crippen LogP contribution in [0.25, 0.3) is 6.08 Å². The van der Waals surface area contributed by atoms with Gasteiger partial charge in [-0.15, -0.1) is 0 Å². The van der Waals surface area contributed by atoms with Crippen LogP contribution in [0, 0.1) is 25.2 Å². The van der Waals surface area contributed by atoms with Crippen LogP contribution in [-0.2, 0) is 11.3 Å². The predicted molar refractivity (Wildman–Crippen MR) is 115 cm³/mol. The molecule has 6 heteroatoms. The van der Waals surface area contributed by atoms with Gasteiger partial charge in [-0.2, -0.15) is 5.26 Å². The molecular formula is C23H28N4O2. The number of anilines is 1. The van der Waals surface area contributed by atoms with Crippen molar-refractivity contribution in [2.24, 2.45) is 0 Å². The summed E-state index contributed by atoms with van der Waals surface area (Å²) in [6, 6.07) is 10.6. The molecule has 29 heavy (non-hydrogen) atoms. The maximum atomic E-state index is 12.6. The van der Waals surface area contributed by atoms with Gasteiger partial charge >= 0.3 is 0 Å². The number of amides is 2. The second kappa shape index (κ2) is 10.3. The zero-order valence-corrected chi connectivity index (χ0v) is 17.5. The van der Waals surface area contributed by atoms with Crippen LogP contribution in [0.4, 0.5) is 5.69 Å². The van der Waals surface area contributed by atoms with E-state index in [4.69, 9.17) is 0 Å². The summed E-state index contributed by atoms with van der Waals surface area (Å²) in [6.07, 6.45) is 3.46. The summed E-state index contributed by atoms with van der Waals surface area (Å²) < 4.78 is 2.18. The van der Waals surface area contributed by atoms with Gasteiger partial charge in [0.05, 0.1) is 0 Å². The molecule has 0 saturated carbocycles. The van der Waals surface area contributed by atoms with Gasteiger partial charge in [0.15, 0.2) is 0 Å². The number of aryl methyl sites for hydroxylation is 1. The highest BCUT2D eigenvalue weighted by molar-refractivity contribution is 6.10. The molecule has 0 atom stereocenters. The number of aromatic nitrogens is 1. The third kappa shape index (κ3) is 5.58. The van der Waals surface area contributed by atoms with Gasteiger partial charge in [-0.3, -0.25) is 9.59 Å². The van der Waals surface area contributed by atoms with Crippen LogP contribution in [0.5, 0.6) is 0 Å². The molecule has 0 bridgehead atoms. The van der Waals surface area contributed by atoms with Gasteiger partial charge < -0.3 is 15.2 Å². The largest absolute Gasteiger partial charge is 0.352 e. The van der Waals surface area contributed by atoms with E-state index in [1.54, 1.807) is 30.3 Å². The first kappa shape index (κ1) is 22.0. The second-order valence-corrected chi connectivity index (χ2v) is 6.94. The Kier molecular flexibility index (Phi) is 7.79. The minimum absolute atomic E-state index is 0.0163. The lowest BCUT2D eigenvalue weighted by molar-refractivity contribution is -0.112. The van der Waals surface area contributed by atoms with Gasteiger partial charge in [-0.1, -0.05) is 19.9 Å². The fourth-order valence-electron chi connectivity index (χ4n) is 3.12. The fourth-order valence-corrected chi connectivity index (χ4v) is 3.12. The molecule has 2 N–H and O–H groups in total. The molecule has 6 nitrogen and oxygen atoms in total. The average molecular weight is 393 g/mol. The molecule has 0 saturated heterocycles. The molecule has 152 valence electrons. The van der Waals surface area contributed by atoms with E-state index in [0.29, 0.717) is 17.8 Å². The number of rotatable bonds is 8. The maximum absolute atomic E-state index is 12.6. The van der Waals surface area contributed by atoms with Crippen molar-refractivity contribution in [1.29, 1.82) is 5.26 Å². The first-order valence-electron chi connectivity index (χ1n) is 9.89. The second-order valence-electron chi connectivity index (χ2n) is 6.94. The first-order chi connectivity index (χ1) is 13.9. The molecule has 0 fully saturated rings. The Morgan fingerprint density at radius 1 is 1.17 bits per heavy atom. The van der Waals surface area contributed by atoms with Crippen molar-refractivity contribution in [3.05, 3.63) is 58.4 Å². The lowest BCUT2D eigenvalue weighted by Gasteiger charge is -2.08. The molecule has 0 aliphatic rings. The van der Waals surface area contributed by atoms with E-state index in [0.717, 1.165) is 36.3 Å². The molecule has 0 aliphatic heterocycles. The van der Waals surface area contributed by atoms with Crippen molar-refractivity contribution in [3.63, 3.8) is 0 Å². The van der Waals surface area contributed by atoms with E-state index in [2.05, 4.69) is 22.1 Å². The van der Waals surface area contributed by atoms with E-state index in [1.165, 1.54) is 0 Å². The smallest absolute Gasteiger partial charge is 0.266 e. The number of hydrogen-bond acceptors (Lipinski definition) is 3. The monoisotopic (exact) mass is 392 g/mol. The van der Waals surface area contributed by atoms with Gasteiger partial charge in [0, 0.05) is 35.7 Å². The Hall–Kier alpha value is -3.33. The number of nitrogens with zero attached hydrogens (tertiary/aromatic N) is 2. The summed E-state index contributed by atoms with van der Waals surface area (Å²) in [5, 5.41) is 15.0. The number of carbonyl (C=O) groups excluding carboxylic acids is 2. The van der Waals surface area contributed by atoms with Crippen molar-refractivity contribution in [2.45, 2.75) is 47.1 Å². The summed E-state index contributed by atoms with van der Waals surface area (Å²) in [5.41, 5.74) is 3.93. The Morgan fingerprint density at radius 3 is 2.59 bits per heavy atom. The summed E-state index contributed by atoms with van der Waals surface area (Å²) in [7, 11) is 0. The van der Waals surface area contributed by atoms with Gasteiger partial charge in [0.25, 0.3) is 11.8 Å². The first-order valence-corrected chi connectivity index (χ1v) is 9.89. The Balaban J connectivity index is 2.21. The van der Waals surface area contributed by atoms with Crippen LogP contribution in [0.2, 0.25) is 0 Å². The normalized spacial score (nSPS) is 11.1. The summed E-state index contributed by atoms with van der Waals surface area (Å²) in [4.78, 5) is 24.7. The third-order valence-electron chi connectivity index (χ3n) is 4.64. The average Bonchev–Trinajstić information content (AvgIpc) is 2.97. The van der Waals surface area contributed by atoms with E-state index in [1.807, 2.05) is 32.9 Å². The fraction of sp³-hybridized carbons (Fsp3) is 0.348. The third-order valence-corrected chi connectivity index (χ3v) is 4.64. The molecule has 2 rings (SSSR count). The lowest BCUT2D eigenvalue weighted by atomic mass is 10.1. The molecular weight excluding hydrogens is 364 g/mol. The van der Waals surface area contributed by atoms with Gasteiger partial charge in [0.1, 0.15) is 11.6 Å². The Morgan fingerprint density at radius 2 is 1.93 bits per heavy atom. The van der Waals surface area contributed by atoms with Crippen LogP contribution in [0.3, 0.4) is 0 Å². The quantitative estimate of drug-likeness (QED) is 0.521. The topological polar surface area (TPSA) is 86.9 Å². The Labute approximate surface area is 172 Å². The molecule has 0 unspecified atom stereocenters. The molecule has 2 amide bonds. The van der Waals surface area contributed by atoms with Crippen molar-refractivity contribution in [3.8, 4) is 6.07 Å². The minimum Gasteiger partial charge on any atom is -0.352 e. The van der Waals surface area contributed by atoms with Crippen LogP contribution in [0.1, 0.15) is 54.0 Å². The van der Waals surface area contributed by atoms with Crippen molar-refractivity contribution < 1.29 is 9.59 Å². The van der Waals surface area contributed by atoms with Crippen molar-refractivity contribution >= 4 is 23.6 Å². The maximum Gasteiger partial charge on any atom is 0.266 e. The zero-order chi connectivity index (χ0) is 21.4. The molecule has 1 aromatic carbocycles. The van der Waals surface area contributed by atoms with Crippen molar-refractivity contribution in [2.75, 3.05) is 11.9 Å². The molecule has 2 aromatic rings. The number of benzene rings is 1. The zero-order valence-electron chi connectivity index (χ0n) is 17.5. The van der Waals surface area contributed by atoms with Crippen LogP contribution in [0.15, 0.2) is 35.9 Å². The molecule has 1 aromatic heterocycles. The van der Waals surface area contributed by atoms with E-state index >= 15 is 0 Å². The lowest BCUT2D eigenvalue weighted by Crippen LogP contribution is -2.24. The summed E-state index contributed by atoms with van der Waals surface area (Å²) in [6.45, 7) is 9.58. The number of hydrogen-bond donors (Lipinski definition) is 2. The van der Waals surface area contributed by atoms with Crippen molar-refractivity contribution in [1.82, 2.24) is 9.88 Å². The van der Waals surface area contributed by atoms with E-state index in [9.17, 15) is 14.9 Å². The highest BCUT2D eigenvalue weighted by Crippen LogP contribution is 2.19. The van der Waals surface area contributed by atoms with Gasteiger partial charge in [0.2, 0.25) is 0 Å². The highest BCUT2D eigenvalue weighted by atomic mass is 16.2. The van der Waals surface area contributed by atoms with E-state index in [-0.39, 0.29) is 11.5 Å². The Bertz CT molecular complexity index is 964. The van der Waals surface area contributed by atoms with Gasteiger partial charge in [-0.05, 0) is 62.6 Å². The predicted octanol–water partition coefficient (Wildman–Crippen LogP) is 4.20. The summed E-state index contributed by atoms with van der Waals surface area (Å²) in [5.74, 6) is -0.693. The highest BCUT2D eigenvalue weighted by Gasteiger charge is 2.14. The number of nitriles is 1. The molecule has 0 aliphatic carbocycles. The van der Waals surface area contributed by atoms with E-state index < -0.39 is 5.91 Å². The van der Waals surface area contributed by atoms with Gasteiger partial charge in [-0.25, -0.2) is 0 Å². The summed E-state index contributed by atoms with van der Waals surface area (Å²) >= 11 is 0. The van der Waals surface area contributed by atoms with Crippen LogP contribution < -0.4 is 10.6 Å². The standard InChI is InChI=1S/C23H28N4O2/c1-5-10-25-22(28)18-8-7-9-21(14-18)26-23(29)20(15-24)13-19-12-16(3)27(11-6-2)17(19)4/h7-9,12-14H,5-6,10-11H2,1-4H3,(H,25,28)(H,26,29)/b20-13+. The number of carbonyl (C=O) groups is 2. The molecule has 0 spiro atoms. The number of nitrogens with one attached hydrogen (secondary N) is 2.